The van der Waals surface area contributed by atoms with Crippen molar-refractivity contribution in [2.45, 2.75) is 31.7 Å². The molecule has 0 aromatic heterocycles. The van der Waals surface area contributed by atoms with Gasteiger partial charge in [-0.2, -0.15) is 0 Å². The van der Waals surface area contributed by atoms with E-state index in [2.05, 4.69) is 0 Å². The Hall–Kier alpha value is -1.07. The minimum Gasteiger partial charge on any atom is -0.493 e. The summed E-state index contributed by atoms with van der Waals surface area (Å²) in [5.74, 6) is 1.23. The van der Waals surface area contributed by atoms with E-state index in [1.807, 2.05) is 31.2 Å². The average Bonchev–Trinajstić information content (AvgIpc) is 2.37. The molecule has 2 rings (SSSR count). The monoisotopic (exact) mass is 283 g/mol. The minimum absolute atomic E-state index is 0.0445. The fourth-order valence-electron chi connectivity index (χ4n) is 2.34. The predicted octanol–water partition coefficient (Wildman–Crippen LogP) is 1.70. The van der Waals surface area contributed by atoms with Crippen molar-refractivity contribution in [1.29, 1.82) is 0 Å². The Morgan fingerprint density at radius 3 is 2.89 bits per heavy atom. The molecule has 5 heteroatoms. The van der Waals surface area contributed by atoms with Crippen molar-refractivity contribution in [2.24, 2.45) is 5.73 Å². The molecule has 0 spiro atoms. The van der Waals surface area contributed by atoms with Crippen molar-refractivity contribution >= 4 is 9.84 Å². The van der Waals surface area contributed by atoms with Gasteiger partial charge in [-0.1, -0.05) is 18.2 Å². The largest absolute Gasteiger partial charge is 0.493 e. The van der Waals surface area contributed by atoms with E-state index in [1.165, 1.54) is 0 Å². The number of sulfone groups is 1. The first-order chi connectivity index (χ1) is 8.98. The third-order valence-corrected chi connectivity index (χ3v) is 5.19. The van der Waals surface area contributed by atoms with Crippen molar-refractivity contribution < 1.29 is 13.2 Å². The molecule has 0 radical (unpaired) electrons. The van der Waals surface area contributed by atoms with Crippen LogP contribution in [0.25, 0.3) is 0 Å². The molecule has 0 aliphatic carbocycles. The molecule has 0 saturated carbocycles. The van der Waals surface area contributed by atoms with Gasteiger partial charge in [0.2, 0.25) is 0 Å². The van der Waals surface area contributed by atoms with Gasteiger partial charge in [-0.25, -0.2) is 8.42 Å². The van der Waals surface area contributed by atoms with Crippen molar-refractivity contribution in [3.63, 3.8) is 0 Å². The highest BCUT2D eigenvalue weighted by Crippen LogP contribution is 2.34. The third kappa shape index (κ3) is 3.94. The summed E-state index contributed by atoms with van der Waals surface area (Å²) in [5.41, 5.74) is 6.64. The van der Waals surface area contributed by atoms with Crippen LogP contribution >= 0.6 is 0 Å². The minimum atomic E-state index is -3.05. The summed E-state index contributed by atoms with van der Waals surface area (Å²) in [4.78, 5) is 0. The van der Waals surface area contributed by atoms with Crippen molar-refractivity contribution in [2.75, 3.05) is 18.1 Å². The zero-order chi connectivity index (χ0) is 13.9. The van der Waals surface area contributed by atoms with E-state index in [-0.39, 0.29) is 23.5 Å². The zero-order valence-corrected chi connectivity index (χ0v) is 12.0. The molecule has 0 amide bonds. The van der Waals surface area contributed by atoms with E-state index >= 15 is 0 Å². The first kappa shape index (κ1) is 14.3. The van der Waals surface area contributed by atoms with Crippen LogP contribution < -0.4 is 10.5 Å². The molecule has 4 nitrogen and oxygen atoms in total. The Morgan fingerprint density at radius 2 is 2.16 bits per heavy atom. The highest BCUT2D eigenvalue weighted by atomic mass is 32.2. The standard InChI is InChI=1S/C14H21NO3S/c1-11(15)7-9-19(16,17)10-12-6-8-18-14-5-3-2-4-13(12)14/h2-5,11-12H,6-10,15H2,1H3. The molecule has 2 unspecified atom stereocenters. The van der Waals surface area contributed by atoms with Crippen LogP contribution in [0, 0.1) is 0 Å². The third-order valence-electron chi connectivity index (χ3n) is 3.42. The lowest BCUT2D eigenvalue weighted by Gasteiger charge is -2.25. The number of para-hydroxylation sites is 1. The van der Waals surface area contributed by atoms with Crippen molar-refractivity contribution in [3.05, 3.63) is 29.8 Å². The van der Waals surface area contributed by atoms with Gasteiger partial charge in [0, 0.05) is 12.0 Å². The number of ether oxygens (including phenoxy) is 1. The molecule has 1 aromatic carbocycles. The summed E-state index contributed by atoms with van der Waals surface area (Å²) < 4.78 is 29.8. The maximum Gasteiger partial charge on any atom is 0.150 e. The highest BCUT2D eigenvalue weighted by molar-refractivity contribution is 7.91. The van der Waals surface area contributed by atoms with Gasteiger partial charge in [0.15, 0.2) is 9.84 Å². The van der Waals surface area contributed by atoms with E-state index < -0.39 is 9.84 Å². The summed E-state index contributed by atoms with van der Waals surface area (Å²) >= 11 is 0. The van der Waals surface area contributed by atoms with Crippen LogP contribution in [0.4, 0.5) is 0 Å². The predicted molar refractivity (Wildman–Crippen MR) is 76.2 cm³/mol. The van der Waals surface area contributed by atoms with Crippen LogP contribution in [0.15, 0.2) is 24.3 Å². The van der Waals surface area contributed by atoms with E-state index in [0.29, 0.717) is 13.0 Å². The topological polar surface area (TPSA) is 69.4 Å². The van der Waals surface area contributed by atoms with Crippen molar-refractivity contribution in [1.82, 2.24) is 0 Å². The fraction of sp³-hybridized carbons (Fsp3) is 0.571. The first-order valence-electron chi connectivity index (χ1n) is 6.65. The molecule has 106 valence electrons. The molecule has 1 aliphatic heterocycles. The van der Waals surface area contributed by atoms with E-state index in [4.69, 9.17) is 10.5 Å². The van der Waals surface area contributed by atoms with Gasteiger partial charge in [0.25, 0.3) is 0 Å². The number of nitrogens with two attached hydrogens (primary N) is 1. The van der Waals surface area contributed by atoms with Gasteiger partial charge in [-0.05, 0) is 31.4 Å². The summed E-state index contributed by atoms with van der Waals surface area (Å²) in [6.45, 7) is 2.42. The lowest BCUT2D eigenvalue weighted by atomic mass is 9.95. The van der Waals surface area contributed by atoms with Gasteiger partial charge < -0.3 is 10.5 Å². The maximum atomic E-state index is 12.1. The lowest BCUT2D eigenvalue weighted by molar-refractivity contribution is 0.272. The SMILES string of the molecule is CC(N)CCS(=O)(=O)CC1CCOc2ccccc21. The Bertz CT molecular complexity index is 525. The molecule has 2 atom stereocenters. The molecule has 1 heterocycles. The van der Waals surface area contributed by atoms with E-state index in [1.54, 1.807) is 0 Å². The molecule has 19 heavy (non-hydrogen) atoms. The second-order valence-corrected chi connectivity index (χ2v) is 7.48. The van der Waals surface area contributed by atoms with Gasteiger partial charge in [0.05, 0.1) is 18.1 Å². The smallest absolute Gasteiger partial charge is 0.150 e. The highest BCUT2D eigenvalue weighted by Gasteiger charge is 2.26. The Labute approximate surface area is 114 Å². The summed E-state index contributed by atoms with van der Waals surface area (Å²) in [7, 11) is -3.05. The molecule has 1 aliphatic rings. The van der Waals surface area contributed by atoms with Crippen LogP contribution in [0.5, 0.6) is 5.75 Å². The number of rotatable bonds is 5. The van der Waals surface area contributed by atoms with Crippen molar-refractivity contribution in [3.8, 4) is 5.75 Å². The number of benzene rings is 1. The molecule has 0 fully saturated rings. The van der Waals surface area contributed by atoms with Gasteiger partial charge in [-0.3, -0.25) is 0 Å². The van der Waals surface area contributed by atoms with Crippen LogP contribution in [0.1, 0.15) is 31.2 Å². The average molecular weight is 283 g/mol. The van der Waals surface area contributed by atoms with E-state index in [0.717, 1.165) is 17.7 Å². The first-order valence-corrected chi connectivity index (χ1v) is 8.48. The number of hydrogen-bond acceptors (Lipinski definition) is 4. The normalized spacial score (nSPS) is 20.4. The Kier molecular flexibility index (Phi) is 4.47. The maximum absolute atomic E-state index is 12.1. The summed E-state index contributed by atoms with van der Waals surface area (Å²) in [6, 6.07) is 7.62. The fourth-order valence-corrected chi connectivity index (χ4v) is 4.20. The molecular formula is C14H21NO3S. The summed E-state index contributed by atoms with van der Waals surface area (Å²) in [5, 5.41) is 0. The van der Waals surface area contributed by atoms with Crippen LogP contribution in [0.2, 0.25) is 0 Å². The Morgan fingerprint density at radius 1 is 1.42 bits per heavy atom. The summed E-state index contributed by atoms with van der Waals surface area (Å²) in [6.07, 6.45) is 1.28. The second kappa shape index (κ2) is 5.92. The van der Waals surface area contributed by atoms with Gasteiger partial charge in [-0.15, -0.1) is 0 Å². The molecule has 0 bridgehead atoms. The van der Waals surface area contributed by atoms with Crippen LogP contribution in [-0.2, 0) is 9.84 Å². The lowest BCUT2D eigenvalue weighted by Crippen LogP contribution is -2.26. The van der Waals surface area contributed by atoms with Crippen LogP contribution in [0.3, 0.4) is 0 Å². The zero-order valence-electron chi connectivity index (χ0n) is 11.2. The number of fused-ring (bicyclic) bond motifs is 1. The quantitative estimate of drug-likeness (QED) is 0.893. The van der Waals surface area contributed by atoms with Gasteiger partial charge in [0.1, 0.15) is 5.75 Å². The van der Waals surface area contributed by atoms with Crippen LogP contribution in [-0.4, -0.2) is 32.6 Å². The molecule has 1 aromatic rings. The second-order valence-electron chi connectivity index (χ2n) is 5.25. The Balaban J connectivity index is 2.08. The molecular weight excluding hydrogens is 262 g/mol. The molecule has 0 saturated heterocycles. The van der Waals surface area contributed by atoms with Gasteiger partial charge >= 0.3 is 0 Å². The molecule has 2 N–H and O–H groups in total. The number of hydrogen-bond donors (Lipinski definition) is 1. The van der Waals surface area contributed by atoms with E-state index in [9.17, 15) is 8.42 Å².